The SMILES string of the molecule is CCc1nc(-c2cccc(OC)c2)n(C)c1N. The van der Waals surface area contributed by atoms with E-state index in [9.17, 15) is 0 Å². The van der Waals surface area contributed by atoms with Crippen LogP contribution < -0.4 is 10.5 Å². The first-order valence-corrected chi connectivity index (χ1v) is 5.62. The molecule has 2 N–H and O–H groups in total. The normalized spacial score (nSPS) is 10.5. The number of aromatic nitrogens is 2. The van der Waals surface area contributed by atoms with Gasteiger partial charge in [0.25, 0.3) is 0 Å². The van der Waals surface area contributed by atoms with E-state index in [1.807, 2.05) is 42.8 Å². The Bertz CT molecular complexity index is 531. The number of benzene rings is 1. The molecule has 2 aromatic rings. The molecule has 0 bridgehead atoms. The molecule has 0 saturated carbocycles. The van der Waals surface area contributed by atoms with Crippen LogP contribution >= 0.6 is 0 Å². The summed E-state index contributed by atoms with van der Waals surface area (Å²) in [6.45, 7) is 2.05. The van der Waals surface area contributed by atoms with Gasteiger partial charge in [0.15, 0.2) is 0 Å². The second-order valence-electron chi connectivity index (χ2n) is 3.91. The van der Waals surface area contributed by atoms with Crippen molar-refractivity contribution in [2.45, 2.75) is 13.3 Å². The highest BCUT2D eigenvalue weighted by Crippen LogP contribution is 2.26. The predicted octanol–water partition coefficient (Wildman–Crippen LogP) is 2.24. The maximum absolute atomic E-state index is 5.99. The van der Waals surface area contributed by atoms with Crippen molar-refractivity contribution in [3.8, 4) is 17.1 Å². The number of hydrogen-bond donors (Lipinski definition) is 1. The molecule has 2 rings (SSSR count). The summed E-state index contributed by atoms with van der Waals surface area (Å²) in [6, 6.07) is 7.83. The van der Waals surface area contributed by atoms with Gasteiger partial charge in [0, 0.05) is 12.6 Å². The number of imidazole rings is 1. The van der Waals surface area contributed by atoms with Gasteiger partial charge in [-0.2, -0.15) is 0 Å². The minimum absolute atomic E-state index is 0.727. The fourth-order valence-electron chi connectivity index (χ4n) is 1.85. The van der Waals surface area contributed by atoms with E-state index < -0.39 is 0 Å². The summed E-state index contributed by atoms with van der Waals surface area (Å²) in [5.41, 5.74) is 7.94. The van der Waals surface area contributed by atoms with Gasteiger partial charge >= 0.3 is 0 Å². The van der Waals surface area contributed by atoms with Crippen molar-refractivity contribution in [1.82, 2.24) is 9.55 Å². The van der Waals surface area contributed by atoms with Crippen molar-refractivity contribution >= 4 is 5.82 Å². The van der Waals surface area contributed by atoms with E-state index in [2.05, 4.69) is 4.98 Å². The van der Waals surface area contributed by atoms with E-state index in [1.165, 1.54) is 0 Å². The Morgan fingerprint density at radius 2 is 2.18 bits per heavy atom. The van der Waals surface area contributed by atoms with Crippen LogP contribution in [0.15, 0.2) is 24.3 Å². The van der Waals surface area contributed by atoms with Crippen molar-refractivity contribution in [1.29, 1.82) is 0 Å². The van der Waals surface area contributed by atoms with Crippen LogP contribution in [0, 0.1) is 0 Å². The molecule has 0 amide bonds. The Morgan fingerprint density at radius 1 is 1.41 bits per heavy atom. The van der Waals surface area contributed by atoms with Gasteiger partial charge in [0.2, 0.25) is 0 Å². The van der Waals surface area contributed by atoms with Gasteiger partial charge in [-0.1, -0.05) is 19.1 Å². The Labute approximate surface area is 101 Å². The summed E-state index contributed by atoms with van der Waals surface area (Å²) < 4.78 is 7.12. The molecule has 0 aliphatic rings. The third-order valence-electron chi connectivity index (χ3n) is 2.88. The maximum atomic E-state index is 5.99. The average Bonchev–Trinajstić information content (AvgIpc) is 2.66. The van der Waals surface area contributed by atoms with E-state index in [-0.39, 0.29) is 0 Å². The maximum Gasteiger partial charge on any atom is 0.141 e. The Kier molecular flexibility index (Phi) is 3.04. The van der Waals surface area contributed by atoms with Crippen LogP contribution in [0.25, 0.3) is 11.4 Å². The molecule has 0 radical (unpaired) electrons. The monoisotopic (exact) mass is 231 g/mol. The molecule has 4 heteroatoms. The van der Waals surface area contributed by atoms with Crippen LogP contribution in [-0.4, -0.2) is 16.7 Å². The minimum atomic E-state index is 0.727. The highest BCUT2D eigenvalue weighted by molar-refractivity contribution is 5.62. The first kappa shape index (κ1) is 11.5. The topological polar surface area (TPSA) is 53.1 Å². The molecule has 90 valence electrons. The van der Waals surface area contributed by atoms with Crippen LogP contribution in [0.3, 0.4) is 0 Å². The number of anilines is 1. The van der Waals surface area contributed by atoms with E-state index >= 15 is 0 Å². The molecular formula is C13H17N3O. The highest BCUT2D eigenvalue weighted by Gasteiger charge is 2.12. The molecule has 0 spiro atoms. The summed E-state index contributed by atoms with van der Waals surface area (Å²) in [5, 5.41) is 0. The van der Waals surface area contributed by atoms with Crippen LogP contribution in [0.4, 0.5) is 5.82 Å². The van der Waals surface area contributed by atoms with Crippen molar-refractivity contribution in [2.75, 3.05) is 12.8 Å². The zero-order valence-electron chi connectivity index (χ0n) is 10.4. The molecular weight excluding hydrogens is 214 g/mol. The second-order valence-corrected chi connectivity index (χ2v) is 3.91. The van der Waals surface area contributed by atoms with E-state index in [4.69, 9.17) is 10.5 Å². The fourth-order valence-corrected chi connectivity index (χ4v) is 1.85. The van der Waals surface area contributed by atoms with Crippen molar-refractivity contribution in [3.63, 3.8) is 0 Å². The molecule has 1 aromatic heterocycles. The molecule has 0 fully saturated rings. The number of aryl methyl sites for hydroxylation is 1. The van der Waals surface area contributed by atoms with Gasteiger partial charge in [-0.15, -0.1) is 0 Å². The highest BCUT2D eigenvalue weighted by atomic mass is 16.5. The van der Waals surface area contributed by atoms with Crippen molar-refractivity contribution in [2.24, 2.45) is 7.05 Å². The molecule has 0 atom stereocenters. The first-order valence-electron chi connectivity index (χ1n) is 5.62. The number of methoxy groups -OCH3 is 1. The van der Waals surface area contributed by atoms with E-state index in [0.717, 1.165) is 35.1 Å². The lowest BCUT2D eigenvalue weighted by molar-refractivity contribution is 0.415. The Hall–Kier alpha value is -1.97. The molecule has 4 nitrogen and oxygen atoms in total. The fraction of sp³-hybridized carbons (Fsp3) is 0.308. The lowest BCUT2D eigenvalue weighted by atomic mass is 10.2. The summed E-state index contributed by atoms with van der Waals surface area (Å²) in [6.07, 6.45) is 0.837. The van der Waals surface area contributed by atoms with E-state index in [0.29, 0.717) is 0 Å². The second kappa shape index (κ2) is 4.49. The van der Waals surface area contributed by atoms with Crippen LogP contribution in [0.5, 0.6) is 5.75 Å². The van der Waals surface area contributed by atoms with Gasteiger partial charge in [-0.3, -0.25) is 0 Å². The van der Waals surface area contributed by atoms with Crippen molar-refractivity contribution in [3.05, 3.63) is 30.0 Å². The lowest BCUT2D eigenvalue weighted by Gasteiger charge is -2.05. The summed E-state index contributed by atoms with van der Waals surface area (Å²) in [5.74, 6) is 2.42. The largest absolute Gasteiger partial charge is 0.497 e. The van der Waals surface area contributed by atoms with Crippen LogP contribution in [0.1, 0.15) is 12.6 Å². The number of nitrogens with zero attached hydrogens (tertiary/aromatic N) is 2. The Balaban J connectivity index is 2.52. The average molecular weight is 231 g/mol. The Morgan fingerprint density at radius 3 is 2.76 bits per heavy atom. The van der Waals surface area contributed by atoms with E-state index in [1.54, 1.807) is 7.11 Å². The molecule has 0 saturated heterocycles. The zero-order chi connectivity index (χ0) is 12.4. The summed E-state index contributed by atoms with van der Waals surface area (Å²) in [7, 11) is 3.58. The van der Waals surface area contributed by atoms with Crippen LogP contribution in [0.2, 0.25) is 0 Å². The third kappa shape index (κ3) is 1.98. The summed E-state index contributed by atoms with van der Waals surface area (Å²) in [4.78, 5) is 4.56. The predicted molar refractivity (Wildman–Crippen MR) is 69.0 cm³/mol. The zero-order valence-corrected chi connectivity index (χ0v) is 10.4. The number of nitrogens with two attached hydrogens (primary N) is 1. The standard InChI is InChI=1S/C13H17N3O/c1-4-11-12(14)16(2)13(15-11)9-6-5-7-10(8-9)17-3/h5-8H,4,14H2,1-3H3. The summed E-state index contributed by atoms with van der Waals surface area (Å²) >= 11 is 0. The third-order valence-corrected chi connectivity index (χ3v) is 2.88. The van der Waals surface area contributed by atoms with Gasteiger partial charge < -0.3 is 15.0 Å². The molecule has 1 aromatic carbocycles. The minimum Gasteiger partial charge on any atom is -0.497 e. The molecule has 1 heterocycles. The molecule has 0 aliphatic carbocycles. The molecule has 17 heavy (non-hydrogen) atoms. The van der Waals surface area contributed by atoms with Gasteiger partial charge in [0.05, 0.1) is 12.8 Å². The number of rotatable bonds is 3. The van der Waals surface area contributed by atoms with Gasteiger partial charge in [-0.05, 0) is 18.6 Å². The van der Waals surface area contributed by atoms with Gasteiger partial charge in [-0.25, -0.2) is 4.98 Å². The molecule has 0 unspecified atom stereocenters. The molecule has 0 aliphatic heterocycles. The van der Waals surface area contributed by atoms with Crippen molar-refractivity contribution < 1.29 is 4.74 Å². The quantitative estimate of drug-likeness (QED) is 0.881. The number of hydrogen-bond acceptors (Lipinski definition) is 3. The van der Waals surface area contributed by atoms with Gasteiger partial charge in [0.1, 0.15) is 17.4 Å². The number of ether oxygens (including phenoxy) is 1. The lowest BCUT2D eigenvalue weighted by Crippen LogP contribution is -1.99. The first-order chi connectivity index (χ1) is 8.17. The number of nitrogen functional groups attached to an aromatic ring is 1. The smallest absolute Gasteiger partial charge is 0.141 e. The van der Waals surface area contributed by atoms with Crippen LogP contribution in [-0.2, 0) is 13.5 Å².